The van der Waals surface area contributed by atoms with Crippen molar-refractivity contribution in [3.8, 4) is 0 Å². The van der Waals surface area contributed by atoms with Gasteiger partial charge in [-0.25, -0.2) is 0 Å². The van der Waals surface area contributed by atoms with Crippen molar-refractivity contribution in [1.29, 1.82) is 0 Å². The van der Waals surface area contributed by atoms with Crippen molar-refractivity contribution < 1.29 is 4.79 Å². The summed E-state index contributed by atoms with van der Waals surface area (Å²) in [6, 6.07) is 0. The van der Waals surface area contributed by atoms with Gasteiger partial charge < -0.3 is 5.32 Å². The van der Waals surface area contributed by atoms with Gasteiger partial charge in [0, 0.05) is 15.3 Å². The van der Waals surface area contributed by atoms with Gasteiger partial charge in [0.25, 0.3) is 0 Å². The summed E-state index contributed by atoms with van der Waals surface area (Å²) in [5.41, 5.74) is 2.78. The maximum absolute atomic E-state index is 12.0. The van der Waals surface area contributed by atoms with E-state index in [4.69, 9.17) is 0 Å². The maximum atomic E-state index is 12.0. The topological polar surface area (TPSA) is 29.1 Å². The molecule has 0 spiro atoms. The number of carbonyl (C=O) groups is 1. The molecule has 106 valence electrons. The van der Waals surface area contributed by atoms with E-state index in [0.717, 1.165) is 37.8 Å². The summed E-state index contributed by atoms with van der Waals surface area (Å²) in [6.07, 6.45) is 5.61. The number of aryl methyl sites for hydroxylation is 2. The normalized spacial score (nSPS) is 17.3. The Bertz CT molecular complexity index is 473. The van der Waals surface area contributed by atoms with Crippen molar-refractivity contribution in [3.05, 3.63) is 20.9 Å². The third-order valence-electron chi connectivity index (χ3n) is 4.03. The largest absolute Gasteiger partial charge is 0.320 e. The Morgan fingerprint density at radius 1 is 1.42 bits per heavy atom. The van der Waals surface area contributed by atoms with Gasteiger partial charge in [0.05, 0.1) is 0 Å². The van der Waals surface area contributed by atoms with Crippen LogP contribution >= 0.6 is 11.3 Å². The molecule has 19 heavy (non-hydrogen) atoms. The second kappa shape index (κ2) is 5.76. The number of ketones is 1. The number of hydrogen-bond donors (Lipinski definition) is 1. The van der Waals surface area contributed by atoms with Crippen LogP contribution in [0.4, 0.5) is 0 Å². The lowest BCUT2D eigenvalue weighted by Gasteiger charge is -2.29. The summed E-state index contributed by atoms with van der Waals surface area (Å²) in [4.78, 5) is 14.8. The fraction of sp³-hybridized carbons (Fsp3) is 0.688. The van der Waals surface area contributed by atoms with Gasteiger partial charge in [0.15, 0.2) is 5.78 Å². The summed E-state index contributed by atoms with van der Waals surface area (Å²) in [7, 11) is 1.98. The Morgan fingerprint density at radius 2 is 2.16 bits per heavy atom. The van der Waals surface area contributed by atoms with Crippen LogP contribution in [0, 0.1) is 5.41 Å². The van der Waals surface area contributed by atoms with Gasteiger partial charge in [-0.05, 0) is 63.6 Å². The number of hydrogen-bond acceptors (Lipinski definition) is 3. The monoisotopic (exact) mass is 279 g/mol. The van der Waals surface area contributed by atoms with Crippen LogP contribution in [-0.2, 0) is 19.3 Å². The van der Waals surface area contributed by atoms with E-state index in [1.165, 1.54) is 21.7 Å². The number of nitrogens with one attached hydrogen (secondary N) is 1. The number of carbonyl (C=O) groups excluding carboxylic acids is 1. The van der Waals surface area contributed by atoms with Gasteiger partial charge in [-0.3, -0.25) is 4.79 Å². The summed E-state index contributed by atoms with van der Waals surface area (Å²) in [5, 5.41) is 3.18. The molecular formula is C16H25NOS. The summed E-state index contributed by atoms with van der Waals surface area (Å²) >= 11 is 1.89. The molecule has 1 heterocycles. The average Bonchev–Trinajstić information content (AvgIpc) is 2.65. The summed E-state index contributed by atoms with van der Waals surface area (Å²) in [6.45, 7) is 7.38. The zero-order valence-corrected chi connectivity index (χ0v) is 13.4. The van der Waals surface area contributed by atoms with E-state index < -0.39 is 0 Å². The lowest BCUT2D eigenvalue weighted by Crippen LogP contribution is -2.22. The van der Waals surface area contributed by atoms with E-state index in [0.29, 0.717) is 5.41 Å². The van der Waals surface area contributed by atoms with Crippen LogP contribution in [0.3, 0.4) is 0 Å². The van der Waals surface area contributed by atoms with Crippen LogP contribution in [0.2, 0.25) is 0 Å². The molecule has 1 aliphatic carbocycles. The quantitative estimate of drug-likeness (QED) is 0.659. The fourth-order valence-corrected chi connectivity index (χ4v) is 4.40. The minimum absolute atomic E-state index is 0.259. The van der Waals surface area contributed by atoms with Crippen LogP contribution in [0.5, 0.6) is 0 Å². The zero-order chi connectivity index (χ0) is 14.0. The number of Topliss-reactive ketones (excluding diaryl/α,β-unsaturated/α-hetero) is 1. The Labute approximate surface area is 120 Å². The minimum Gasteiger partial charge on any atom is -0.320 e. The summed E-state index contributed by atoms with van der Waals surface area (Å²) in [5.74, 6) is 0.259. The maximum Gasteiger partial charge on any atom is 0.161 e. The van der Waals surface area contributed by atoms with E-state index in [1.807, 2.05) is 18.4 Å². The van der Waals surface area contributed by atoms with Crippen LogP contribution < -0.4 is 5.32 Å². The van der Waals surface area contributed by atoms with E-state index >= 15 is 0 Å². The standard InChI is InChI=1S/C16H25NOS/c1-11(18)15-12-10-16(2,3)8-7-13(12)19-14(15)6-5-9-17-4/h17H,5-10H2,1-4H3. The zero-order valence-electron chi connectivity index (χ0n) is 12.6. The summed E-state index contributed by atoms with van der Waals surface area (Å²) < 4.78 is 0. The second-order valence-corrected chi connectivity index (χ2v) is 7.60. The first kappa shape index (κ1) is 14.7. The van der Waals surface area contributed by atoms with E-state index in [9.17, 15) is 4.79 Å². The molecule has 2 rings (SSSR count). The molecule has 0 aromatic carbocycles. The van der Waals surface area contributed by atoms with Crippen molar-refractivity contribution in [1.82, 2.24) is 5.32 Å². The van der Waals surface area contributed by atoms with Crippen molar-refractivity contribution >= 4 is 17.1 Å². The van der Waals surface area contributed by atoms with Crippen molar-refractivity contribution in [2.24, 2.45) is 5.41 Å². The third kappa shape index (κ3) is 3.26. The predicted molar refractivity (Wildman–Crippen MR) is 82.4 cm³/mol. The average molecular weight is 279 g/mol. The predicted octanol–water partition coefficient (Wildman–Crippen LogP) is 3.62. The highest BCUT2D eigenvalue weighted by Crippen LogP contribution is 2.42. The van der Waals surface area contributed by atoms with E-state index in [1.54, 1.807) is 6.92 Å². The molecule has 2 nitrogen and oxygen atoms in total. The number of thiophene rings is 1. The van der Waals surface area contributed by atoms with E-state index in [-0.39, 0.29) is 5.78 Å². The van der Waals surface area contributed by atoms with Crippen molar-refractivity contribution in [3.63, 3.8) is 0 Å². The van der Waals surface area contributed by atoms with Gasteiger partial charge in [-0.15, -0.1) is 11.3 Å². The molecule has 1 aromatic heterocycles. The molecule has 3 heteroatoms. The lowest BCUT2D eigenvalue weighted by molar-refractivity contribution is 0.101. The van der Waals surface area contributed by atoms with Crippen LogP contribution in [0.25, 0.3) is 0 Å². The van der Waals surface area contributed by atoms with E-state index in [2.05, 4.69) is 19.2 Å². The Kier molecular flexibility index (Phi) is 4.46. The van der Waals surface area contributed by atoms with Gasteiger partial charge in [0.2, 0.25) is 0 Å². The Balaban J connectivity index is 2.30. The molecule has 0 bridgehead atoms. The smallest absolute Gasteiger partial charge is 0.161 e. The fourth-order valence-electron chi connectivity index (χ4n) is 2.99. The number of fused-ring (bicyclic) bond motifs is 1. The van der Waals surface area contributed by atoms with Gasteiger partial charge in [0.1, 0.15) is 0 Å². The molecule has 0 fully saturated rings. The molecule has 1 N–H and O–H groups in total. The first-order valence-electron chi connectivity index (χ1n) is 7.23. The Hall–Kier alpha value is -0.670. The molecule has 0 saturated heterocycles. The van der Waals surface area contributed by atoms with Crippen molar-refractivity contribution in [2.45, 2.75) is 52.9 Å². The molecule has 0 atom stereocenters. The van der Waals surface area contributed by atoms with Crippen LogP contribution in [0.15, 0.2) is 0 Å². The lowest BCUT2D eigenvalue weighted by atomic mass is 9.75. The SMILES string of the molecule is CNCCCc1sc2c(c1C(C)=O)CC(C)(C)CC2. The molecule has 1 aromatic rings. The molecule has 1 aliphatic rings. The minimum atomic E-state index is 0.259. The highest BCUT2D eigenvalue weighted by atomic mass is 32.1. The number of rotatable bonds is 5. The van der Waals surface area contributed by atoms with Crippen molar-refractivity contribution in [2.75, 3.05) is 13.6 Å². The molecule has 0 amide bonds. The van der Waals surface area contributed by atoms with Gasteiger partial charge in [-0.2, -0.15) is 0 Å². The van der Waals surface area contributed by atoms with Crippen LogP contribution in [-0.4, -0.2) is 19.4 Å². The first-order chi connectivity index (χ1) is 8.94. The van der Waals surface area contributed by atoms with Gasteiger partial charge >= 0.3 is 0 Å². The third-order valence-corrected chi connectivity index (χ3v) is 5.38. The Morgan fingerprint density at radius 3 is 2.79 bits per heavy atom. The first-order valence-corrected chi connectivity index (χ1v) is 8.05. The molecule has 0 radical (unpaired) electrons. The van der Waals surface area contributed by atoms with Crippen LogP contribution in [0.1, 0.15) is 59.3 Å². The molecule has 0 aliphatic heterocycles. The molecular weight excluding hydrogens is 254 g/mol. The molecule has 0 unspecified atom stereocenters. The second-order valence-electron chi connectivity index (χ2n) is 6.41. The highest BCUT2D eigenvalue weighted by molar-refractivity contribution is 7.12. The van der Waals surface area contributed by atoms with Gasteiger partial charge in [-0.1, -0.05) is 13.8 Å². The highest BCUT2D eigenvalue weighted by Gasteiger charge is 2.31. The molecule has 0 saturated carbocycles.